The number of nitrogens with one attached hydrogen (secondary N) is 1. The molecule has 3 aromatic rings. The number of rotatable bonds is 0. The maximum atomic E-state index is 5.05. The lowest BCUT2D eigenvalue weighted by Gasteiger charge is -2.18. The van der Waals surface area contributed by atoms with E-state index in [-0.39, 0.29) is 5.41 Å². The van der Waals surface area contributed by atoms with E-state index in [9.17, 15) is 0 Å². The summed E-state index contributed by atoms with van der Waals surface area (Å²) in [6.07, 6.45) is 0. The fourth-order valence-corrected chi connectivity index (χ4v) is 2.47. The zero-order valence-corrected chi connectivity index (χ0v) is 12.3. The van der Waals surface area contributed by atoms with Crippen molar-refractivity contribution in [3.05, 3.63) is 28.5 Å². The van der Waals surface area contributed by atoms with Crippen LogP contribution in [0.25, 0.3) is 22.1 Å². The molecule has 5 heteroatoms. The molecule has 2 heterocycles. The van der Waals surface area contributed by atoms with Gasteiger partial charge in [-0.05, 0) is 35.3 Å². The Morgan fingerprint density at radius 2 is 2.00 bits per heavy atom. The number of fused-ring (bicyclic) bond motifs is 3. The number of nitrogens with zero attached hydrogens (tertiary/aromatic N) is 3. The molecule has 1 N–H and O–H groups in total. The van der Waals surface area contributed by atoms with Crippen LogP contribution >= 0.6 is 12.2 Å². The van der Waals surface area contributed by atoms with E-state index in [1.165, 1.54) is 5.56 Å². The third kappa shape index (κ3) is 1.85. The Bertz CT molecular complexity index is 836. The highest BCUT2D eigenvalue weighted by atomic mass is 32.1. The number of aromatic amines is 1. The minimum atomic E-state index is 0.117. The van der Waals surface area contributed by atoms with Crippen LogP contribution in [0.1, 0.15) is 26.3 Å². The molecule has 0 aliphatic rings. The van der Waals surface area contributed by atoms with Crippen molar-refractivity contribution in [3.8, 4) is 0 Å². The van der Waals surface area contributed by atoms with Gasteiger partial charge in [0.25, 0.3) is 0 Å². The lowest BCUT2D eigenvalue weighted by Crippen LogP contribution is -2.10. The summed E-state index contributed by atoms with van der Waals surface area (Å²) in [5.41, 5.74) is 4.22. The molecule has 98 valence electrons. The predicted molar refractivity (Wildman–Crippen MR) is 79.9 cm³/mol. The highest BCUT2D eigenvalue weighted by molar-refractivity contribution is 7.71. The molecule has 1 aromatic carbocycles. The lowest BCUT2D eigenvalue weighted by molar-refractivity contribution is 0.591. The molecule has 0 unspecified atom stereocenters. The maximum Gasteiger partial charge on any atom is 0.215 e. The van der Waals surface area contributed by atoms with Crippen molar-refractivity contribution in [1.82, 2.24) is 19.7 Å². The fourth-order valence-electron chi connectivity index (χ4n) is 2.34. The second-order valence-electron chi connectivity index (χ2n) is 5.85. The highest BCUT2D eigenvalue weighted by Gasteiger charge is 2.17. The summed E-state index contributed by atoms with van der Waals surface area (Å²) in [4.78, 5) is 4.36. The number of benzene rings is 1. The van der Waals surface area contributed by atoms with Gasteiger partial charge in [-0.3, -0.25) is 5.10 Å². The van der Waals surface area contributed by atoms with Crippen molar-refractivity contribution in [2.24, 2.45) is 7.05 Å². The smallest absolute Gasteiger partial charge is 0.215 e. The molecule has 0 aliphatic heterocycles. The molecule has 0 atom stereocenters. The van der Waals surface area contributed by atoms with Gasteiger partial charge in [-0.2, -0.15) is 10.1 Å². The van der Waals surface area contributed by atoms with Crippen molar-refractivity contribution >= 4 is 34.3 Å². The number of aromatic nitrogens is 4. The number of H-pyrrole nitrogens is 1. The summed E-state index contributed by atoms with van der Waals surface area (Å²) in [6, 6.07) is 6.49. The Hall–Kier alpha value is -1.75. The standard InChI is InChI=1S/C14H16N4S/c1-14(2,3)8-5-6-10-9(7-8)11-12(18(10)4)15-13(19)17-16-11/h5-7H,1-4H3,(H,15,17,19). The minimum absolute atomic E-state index is 0.117. The maximum absolute atomic E-state index is 5.05. The summed E-state index contributed by atoms with van der Waals surface area (Å²) >= 11 is 5.05. The molecule has 2 aromatic heterocycles. The zero-order chi connectivity index (χ0) is 13.8. The average Bonchev–Trinajstić information content (AvgIpc) is 2.61. The average molecular weight is 272 g/mol. The Morgan fingerprint density at radius 3 is 2.68 bits per heavy atom. The number of aryl methyl sites for hydroxylation is 1. The Balaban J connectivity index is 2.46. The van der Waals surface area contributed by atoms with Crippen LogP contribution in [0.3, 0.4) is 0 Å². The van der Waals surface area contributed by atoms with Gasteiger partial charge in [0.2, 0.25) is 4.77 Å². The zero-order valence-electron chi connectivity index (χ0n) is 11.5. The third-order valence-electron chi connectivity index (χ3n) is 3.48. The van der Waals surface area contributed by atoms with Crippen LogP contribution in [-0.2, 0) is 12.5 Å². The van der Waals surface area contributed by atoms with E-state index in [0.717, 1.165) is 22.1 Å². The number of hydrogen-bond donors (Lipinski definition) is 1. The summed E-state index contributed by atoms with van der Waals surface area (Å²) in [7, 11) is 1.99. The van der Waals surface area contributed by atoms with E-state index < -0.39 is 0 Å². The first-order valence-electron chi connectivity index (χ1n) is 6.23. The third-order valence-corrected chi connectivity index (χ3v) is 3.66. The molecule has 19 heavy (non-hydrogen) atoms. The molecule has 0 aliphatic carbocycles. The van der Waals surface area contributed by atoms with E-state index in [4.69, 9.17) is 12.2 Å². The molecule has 0 radical (unpaired) electrons. The van der Waals surface area contributed by atoms with Crippen LogP contribution in [0.5, 0.6) is 0 Å². The Morgan fingerprint density at radius 1 is 1.26 bits per heavy atom. The molecule has 0 saturated carbocycles. The summed E-state index contributed by atoms with van der Waals surface area (Å²) < 4.78 is 2.45. The van der Waals surface area contributed by atoms with Gasteiger partial charge in [0.15, 0.2) is 5.65 Å². The fraction of sp³-hybridized carbons (Fsp3) is 0.357. The van der Waals surface area contributed by atoms with Crippen LogP contribution in [0.15, 0.2) is 18.2 Å². The predicted octanol–water partition coefficient (Wildman–Crippen LogP) is 3.48. The molecule has 0 amide bonds. The monoisotopic (exact) mass is 272 g/mol. The summed E-state index contributed by atoms with van der Waals surface area (Å²) in [5, 5.41) is 8.23. The van der Waals surface area contributed by atoms with Crippen LogP contribution < -0.4 is 0 Å². The molecule has 0 saturated heterocycles. The van der Waals surface area contributed by atoms with Crippen molar-refractivity contribution in [2.75, 3.05) is 0 Å². The van der Waals surface area contributed by atoms with Gasteiger partial charge in [-0.15, -0.1) is 0 Å². The van der Waals surface area contributed by atoms with Crippen molar-refractivity contribution in [2.45, 2.75) is 26.2 Å². The quantitative estimate of drug-likeness (QED) is 0.637. The first kappa shape index (κ1) is 12.3. The van der Waals surface area contributed by atoms with E-state index in [2.05, 4.69) is 54.2 Å². The van der Waals surface area contributed by atoms with Gasteiger partial charge >= 0.3 is 0 Å². The molecule has 4 nitrogen and oxygen atoms in total. The first-order valence-corrected chi connectivity index (χ1v) is 6.64. The van der Waals surface area contributed by atoms with E-state index >= 15 is 0 Å². The normalized spacial score (nSPS) is 12.4. The molecular weight excluding hydrogens is 256 g/mol. The van der Waals surface area contributed by atoms with Crippen LogP contribution in [0.4, 0.5) is 0 Å². The van der Waals surface area contributed by atoms with Crippen LogP contribution in [0, 0.1) is 4.77 Å². The largest absolute Gasteiger partial charge is 0.327 e. The Labute approximate surface area is 116 Å². The summed E-state index contributed by atoms with van der Waals surface area (Å²) in [6.45, 7) is 6.62. The minimum Gasteiger partial charge on any atom is -0.327 e. The van der Waals surface area contributed by atoms with E-state index in [1.54, 1.807) is 0 Å². The highest BCUT2D eigenvalue weighted by Crippen LogP contribution is 2.30. The molecule has 0 spiro atoms. The van der Waals surface area contributed by atoms with Crippen LogP contribution in [-0.4, -0.2) is 19.7 Å². The van der Waals surface area contributed by atoms with Gasteiger partial charge in [0, 0.05) is 12.4 Å². The Kier molecular flexibility index (Phi) is 2.50. The second kappa shape index (κ2) is 3.87. The molecular formula is C14H16N4S. The van der Waals surface area contributed by atoms with Gasteiger partial charge in [-0.25, -0.2) is 0 Å². The topological polar surface area (TPSA) is 46.5 Å². The molecule has 0 bridgehead atoms. The summed E-state index contributed by atoms with van der Waals surface area (Å²) in [5.74, 6) is 0. The van der Waals surface area contributed by atoms with Crippen molar-refractivity contribution < 1.29 is 0 Å². The molecule has 3 rings (SSSR count). The number of hydrogen-bond acceptors (Lipinski definition) is 3. The van der Waals surface area contributed by atoms with Gasteiger partial charge in [0.05, 0.1) is 5.52 Å². The lowest BCUT2D eigenvalue weighted by atomic mass is 9.86. The molecule has 0 fully saturated rings. The van der Waals surface area contributed by atoms with Crippen LogP contribution in [0.2, 0.25) is 0 Å². The van der Waals surface area contributed by atoms with Gasteiger partial charge < -0.3 is 4.57 Å². The first-order chi connectivity index (χ1) is 8.88. The second-order valence-corrected chi connectivity index (χ2v) is 6.24. The van der Waals surface area contributed by atoms with Gasteiger partial charge in [0.1, 0.15) is 5.52 Å². The SMILES string of the molecule is Cn1c2ccc(C(C)(C)C)cc2c2n[nH]c(=S)nc21. The van der Waals surface area contributed by atoms with E-state index in [1.807, 2.05) is 11.6 Å². The van der Waals surface area contributed by atoms with Gasteiger partial charge in [-0.1, -0.05) is 26.8 Å². The van der Waals surface area contributed by atoms with Crippen molar-refractivity contribution in [3.63, 3.8) is 0 Å². The van der Waals surface area contributed by atoms with E-state index in [0.29, 0.717) is 4.77 Å². The van der Waals surface area contributed by atoms with Crippen molar-refractivity contribution in [1.29, 1.82) is 0 Å².